The van der Waals surface area contributed by atoms with Crippen LogP contribution in [0.2, 0.25) is 0 Å². The maximum atomic E-state index is 5.59. The van der Waals surface area contributed by atoms with E-state index >= 15 is 0 Å². The van der Waals surface area contributed by atoms with E-state index in [-0.39, 0.29) is 0 Å². The van der Waals surface area contributed by atoms with Crippen molar-refractivity contribution in [2.75, 3.05) is 24.5 Å². The number of unbranched alkanes of at least 4 members (excludes halogenated alkanes) is 1. The Morgan fingerprint density at radius 2 is 1.89 bits per heavy atom. The smallest absolute Gasteiger partial charge is 0.0401 e. The summed E-state index contributed by atoms with van der Waals surface area (Å²) >= 11 is 0. The molecule has 1 saturated heterocycles. The quantitative estimate of drug-likeness (QED) is 0.808. The number of aryl methyl sites for hydroxylation is 2. The van der Waals surface area contributed by atoms with E-state index in [1.54, 1.807) is 0 Å². The number of anilines is 1. The van der Waals surface area contributed by atoms with Crippen molar-refractivity contribution in [3.8, 4) is 0 Å². The van der Waals surface area contributed by atoms with E-state index in [0.29, 0.717) is 0 Å². The largest absolute Gasteiger partial charge is 0.371 e. The van der Waals surface area contributed by atoms with Gasteiger partial charge in [-0.25, -0.2) is 0 Å². The zero-order valence-corrected chi connectivity index (χ0v) is 11.6. The fraction of sp³-hybridized carbons (Fsp3) is 0.625. The minimum absolute atomic E-state index is 0.810. The molecule has 1 aromatic rings. The van der Waals surface area contributed by atoms with Gasteiger partial charge in [-0.2, -0.15) is 0 Å². The first kappa shape index (κ1) is 13.4. The molecule has 0 aliphatic carbocycles. The number of hydrogen-bond acceptors (Lipinski definition) is 2. The number of nitrogens with two attached hydrogens (primary N) is 1. The van der Waals surface area contributed by atoms with Crippen molar-refractivity contribution < 1.29 is 0 Å². The fourth-order valence-corrected chi connectivity index (χ4v) is 2.77. The molecule has 18 heavy (non-hydrogen) atoms. The number of hydrogen-bond donors (Lipinski definition) is 1. The summed E-state index contributed by atoms with van der Waals surface area (Å²) < 4.78 is 0. The summed E-state index contributed by atoms with van der Waals surface area (Å²) in [5, 5.41) is 0. The van der Waals surface area contributed by atoms with Gasteiger partial charge in [-0.15, -0.1) is 0 Å². The van der Waals surface area contributed by atoms with Crippen LogP contribution in [0, 0.1) is 6.92 Å². The van der Waals surface area contributed by atoms with Crippen molar-refractivity contribution in [1.29, 1.82) is 0 Å². The van der Waals surface area contributed by atoms with Crippen LogP contribution in [-0.2, 0) is 6.42 Å². The second-order valence-corrected chi connectivity index (χ2v) is 5.43. The molecule has 1 aliphatic heterocycles. The molecule has 0 aromatic heterocycles. The van der Waals surface area contributed by atoms with E-state index in [4.69, 9.17) is 5.73 Å². The molecule has 0 spiro atoms. The summed E-state index contributed by atoms with van der Waals surface area (Å²) in [6.45, 7) is 5.46. The van der Waals surface area contributed by atoms with Crippen LogP contribution in [0.25, 0.3) is 0 Å². The van der Waals surface area contributed by atoms with Gasteiger partial charge in [0.2, 0.25) is 0 Å². The molecule has 2 rings (SSSR count). The second kappa shape index (κ2) is 6.79. The Bertz CT molecular complexity index is 367. The molecule has 0 bridgehead atoms. The Morgan fingerprint density at radius 1 is 1.11 bits per heavy atom. The van der Waals surface area contributed by atoms with E-state index in [1.165, 1.54) is 62.0 Å². The van der Waals surface area contributed by atoms with Crippen LogP contribution in [-0.4, -0.2) is 19.6 Å². The third kappa shape index (κ3) is 3.49. The van der Waals surface area contributed by atoms with E-state index < -0.39 is 0 Å². The summed E-state index contributed by atoms with van der Waals surface area (Å²) in [6.07, 6.45) is 7.59. The lowest BCUT2D eigenvalue weighted by Crippen LogP contribution is -2.30. The van der Waals surface area contributed by atoms with Gasteiger partial charge in [-0.05, 0) is 69.2 Å². The summed E-state index contributed by atoms with van der Waals surface area (Å²) in [5.41, 5.74) is 9.95. The SMILES string of the molecule is Cc1ccc(CCCCN)c(N2CCCCC2)c1. The van der Waals surface area contributed by atoms with Gasteiger partial charge < -0.3 is 10.6 Å². The van der Waals surface area contributed by atoms with Crippen molar-refractivity contribution in [2.24, 2.45) is 5.73 Å². The van der Waals surface area contributed by atoms with Gasteiger partial charge in [0.05, 0.1) is 0 Å². The minimum atomic E-state index is 0.810. The molecule has 1 fully saturated rings. The Labute approximate surface area is 111 Å². The highest BCUT2D eigenvalue weighted by atomic mass is 15.1. The monoisotopic (exact) mass is 246 g/mol. The van der Waals surface area contributed by atoms with Gasteiger partial charge in [0.25, 0.3) is 0 Å². The Balaban J connectivity index is 2.11. The first-order valence-electron chi connectivity index (χ1n) is 7.36. The van der Waals surface area contributed by atoms with Crippen molar-refractivity contribution in [3.63, 3.8) is 0 Å². The van der Waals surface area contributed by atoms with Gasteiger partial charge in [0.1, 0.15) is 0 Å². The predicted molar refractivity (Wildman–Crippen MR) is 79.2 cm³/mol. The third-order valence-corrected chi connectivity index (χ3v) is 3.84. The Morgan fingerprint density at radius 3 is 2.61 bits per heavy atom. The van der Waals surface area contributed by atoms with Crippen LogP contribution in [0.5, 0.6) is 0 Å². The molecule has 1 aromatic carbocycles. The van der Waals surface area contributed by atoms with E-state index in [2.05, 4.69) is 30.0 Å². The molecule has 0 unspecified atom stereocenters. The second-order valence-electron chi connectivity index (χ2n) is 5.43. The standard InChI is InChI=1S/C16H26N2/c1-14-8-9-15(7-3-4-10-17)16(13-14)18-11-5-2-6-12-18/h8-9,13H,2-7,10-12,17H2,1H3. The topological polar surface area (TPSA) is 29.3 Å². The minimum Gasteiger partial charge on any atom is -0.371 e. The van der Waals surface area contributed by atoms with Crippen molar-refractivity contribution in [3.05, 3.63) is 29.3 Å². The molecule has 2 heteroatoms. The Hall–Kier alpha value is -1.02. The van der Waals surface area contributed by atoms with Gasteiger partial charge in [-0.3, -0.25) is 0 Å². The maximum Gasteiger partial charge on any atom is 0.0401 e. The van der Waals surface area contributed by atoms with Gasteiger partial charge in [-0.1, -0.05) is 12.1 Å². The molecule has 2 nitrogen and oxygen atoms in total. The van der Waals surface area contributed by atoms with Crippen LogP contribution in [0.3, 0.4) is 0 Å². The molecule has 0 amide bonds. The highest BCUT2D eigenvalue weighted by Gasteiger charge is 2.14. The third-order valence-electron chi connectivity index (χ3n) is 3.84. The van der Waals surface area contributed by atoms with Crippen LogP contribution < -0.4 is 10.6 Å². The maximum absolute atomic E-state index is 5.59. The number of nitrogens with zero attached hydrogens (tertiary/aromatic N) is 1. The number of benzene rings is 1. The van der Waals surface area contributed by atoms with Crippen LogP contribution >= 0.6 is 0 Å². The zero-order chi connectivity index (χ0) is 12.8. The number of rotatable bonds is 5. The van der Waals surface area contributed by atoms with Crippen LogP contribution in [0.15, 0.2) is 18.2 Å². The normalized spacial score (nSPS) is 16.0. The van der Waals surface area contributed by atoms with Gasteiger partial charge >= 0.3 is 0 Å². The molecule has 1 aliphatic rings. The average Bonchev–Trinajstić information content (AvgIpc) is 2.41. The summed E-state index contributed by atoms with van der Waals surface area (Å²) in [6, 6.07) is 6.92. The fourth-order valence-electron chi connectivity index (χ4n) is 2.77. The lowest BCUT2D eigenvalue weighted by Gasteiger charge is -2.31. The first-order chi connectivity index (χ1) is 8.81. The molecular formula is C16H26N2. The summed E-state index contributed by atoms with van der Waals surface area (Å²) in [5.74, 6) is 0. The highest BCUT2D eigenvalue weighted by molar-refractivity contribution is 5.55. The van der Waals surface area contributed by atoms with Gasteiger partial charge in [0, 0.05) is 18.8 Å². The molecule has 0 radical (unpaired) electrons. The summed E-state index contributed by atoms with van der Waals surface area (Å²) in [4.78, 5) is 2.58. The first-order valence-corrected chi connectivity index (χ1v) is 7.36. The number of piperidine rings is 1. The van der Waals surface area contributed by atoms with E-state index in [0.717, 1.165) is 13.0 Å². The lowest BCUT2D eigenvalue weighted by atomic mass is 10.0. The molecule has 2 N–H and O–H groups in total. The van der Waals surface area contributed by atoms with Crippen LogP contribution in [0.1, 0.15) is 43.2 Å². The van der Waals surface area contributed by atoms with Gasteiger partial charge in [0.15, 0.2) is 0 Å². The molecule has 0 saturated carbocycles. The van der Waals surface area contributed by atoms with E-state index in [9.17, 15) is 0 Å². The molecular weight excluding hydrogens is 220 g/mol. The van der Waals surface area contributed by atoms with E-state index in [1.807, 2.05) is 0 Å². The molecule has 1 heterocycles. The molecule has 100 valence electrons. The average molecular weight is 246 g/mol. The molecule has 0 atom stereocenters. The zero-order valence-electron chi connectivity index (χ0n) is 11.6. The van der Waals surface area contributed by atoms with Crippen LogP contribution in [0.4, 0.5) is 5.69 Å². The predicted octanol–water partition coefficient (Wildman–Crippen LogP) is 3.27. The van der Waals surface area contributed by atoms with Crippen molar-refractivity contribution in [1.82, 2.24) is 0 Å². The highest BCUT2D eigenvalue weighted by Crippen LogP contribution is 2.26. The van der Waals surface area contributed by atoms with Crippen molar-refractivity contribution >= 4 is 5.69 Å². The summed E-state index contributed by atoms with van der Waals surface area (Å²) in [7, 11) is 0. The Kier molecular flexibility index (Phi) is 5.06. The lowest BCUT2D eigenvalue weighted by molar-refractivity contribution is 0.575. The van der Waals surface area contributed by atoms with Crippen molar-refractivity contribution in [2.45, 2.75) is 45.4 Å².